The van der Waals surface area contributed by atoms with Crippen LogP contribution in [0.25, 0.3) is 10.2 Å². The van der Waals surface area contributed by atoms with E-state index < -0.39 is 11.7 Å². The normalized spacial score (nSPS) is 10.6. The summed E-state index contributed by atoms with van der Waals surface area (Å²) >= 11 is 4.58. The van der Waals surface area contributed by atoms with Crippen LogP contribution >= 0.6 is 27.3 Å². The SMILES string of the molecule is O=C(NCc1ccc(Br)cc1)C(=O)c1nc2ccccc2s1. The van der Waals surface area contributed by atoms with Crippen LogP contribution in [0.4, 0.5) is 0 Å². The van der Waals surface area contributed by atoms with Gasteiger partial charge in [-0.25, -0.2) is 4.98 Å². The van der Waals surface area contributed by atoms with Crippen LogP contribution in [-0.4, -0.2) is 16.7 Å². The fourth-order valence-corrected chi connectivity index (χ4v) is 3.10. The highest BCUT2D eigenvalue weighted by Gasteiger charge is 2.20. The highest BCUT2D eigenvalue weighted by atomic mass is 79.9. The molecule has 0 bridgehead atoms. The number of nitrogens with zero attached hydrogens (tertiary/aromatic N) is 1. The summed E-state index contributed by atoms with van der Waals surface area (Å²) in [4.78, 5) is 28.3. The van der Waals surface area contributed by atoms with Gasteiger partial charge in [-0.3, -0.25) is 9.59 Å². The van der Waals surface area contributed by atoms with Crippen molar-refractivity contribution in [3.8, 4) is 0 Å². The minimum absolute atomic E-state index is 0.217. The van der Waals surface area contributed by atoms with Gasteiger partial charge in [-0.2, -0.15) is 0 Å². The summed E-state index contributed by atoms with van der Waals surface area (Å²) in [6.45, 7) is 0.308. The van der Waals surface area contributed by atoms with Crippen molar-refractivity contribution in [2.45, 2.75) is 6.54 Å². The Hall–Kier alpha value is -2.05. The molecule has 0 spiro atoms. The first-order valence-corrected chi connectivity index (χ1v) is 8.17. The first-order valence-electron chi connectivity index (χ1n) is 6.56. The molecular formula is C16H11BrN2O2S. The van der Waals surface area contributed by atoms with Crippen LogP contribution in [0.15, 0.2) is 53.0 Å². The molecular weight excluding hydrogens is 364 g/mol. The number of aromatic nitrogens is 1. The Bertz CT molecular complexity index is 810. The summed E-state index contributed by atoms with van der Waals surface area (Å²) in [5.74, 6) is -1.24. The molecule has 0 aliphatic heterocycles. The van der Waals surface area contributed by atoms with Crippen LogP contribution in [0.2, 0.25) is 0 Å². The molecule has 6 heteroatoms. The average molecular weight is 375 g/mol. The third-order valence-electron chi connectivity index (χ3n) is 3.06. The van der Waals surface area contributed by atoms with Crippen LogP contribution in [-0.2, 0) is 11.3 Å². The van der Waals surface area contributed by atoms with E-state index in [9.17, 15) is 9.59 Å². The molecule has 2 aromatic carbocycles. The van der Waals surface area contributed by atoms with Gasteiger partial charge in [0, 0.05) is 11.0 Å². The van der Waals surface area contributed by atoms with Crippen molar-refractivity contribution in [3.05, 3.63) is 63.6 Å². The number of carbonyl (C=O) groups excluding carboxylic acids is 2. The molecule has 4 nitrogen and oxygen atoms in total. The lowest BCUT2D eigenvalue weighted by atomic mass is 10.2. The van der Waals surface area contributed by atoms with Crippen molar-refractivity contribution < 1.29 is 9.59 Å². The largest absolute Gasteiger partial charge is 0.345 e. The van der Waals surface area contributed by atoms with E-state index in [1.807, 2.05) is 48.5 Å². The minimum Gasteiger partial charge on any atom is -0.345 e. The topological polar surface area (TPSA) is 59.1 Å². The molecule has 110 valence electrons. The summed E-state index contributed by atoms with van der Waals surface area (Å²) in [5.41, 5.74) is 1.66. The quantitative estimate of drug-likeness (QED) is 0.560. The number of fused-ring (bicyclic) bond motifs is 1. The van der Waals surface area contributed by atoms with Crippen LogP contribution < -0.4 is 5.32 Å². The van der Waals surface area contributed by atoms with Gasteiger partial charge in [-0.15, -0.1) is 11.3 Å². The monoisotopic (exact) mass is 374 g/mol. The zero-order valence-corrected chi connectivity index (χ0v) is 13.8. The van der Waals surface area contributed by atoms with Gasteiger partial charge in [0.1, 0.15) is 0 Å². The van der Waals surface area contributed by atoms with Crippen molar-refractivity contribution in [2.24, 2.45) is 0 Å². The number of hydrogen-bond acceptors (Lipinski definition) is 4. The van der Waals surface area contributed by atoms with Crippen molar-refractivity contribution in [1.29, 1.82) is 0 Å². The van der Waals surface area contributed by atoms with Gasteiger partial charge in [-0.1, -0.05) is 40.2 Å². The van der Waals surface area contributed by atoms with Crippen molar-refractivity contribution >= 4 is 49.2 Å². The Morgan fingerprint density at radius 3 is 2.55 bits per heavy atom. The van der Waals surface area contributed by atoms with E-state index in [1.54, 1.807) is 0 Å². The Kier molecular flexibility index (Phi) is 4.31. The van der Waals surface area contributed by atoms with E-state index in [4.69, 9.17) is 0 Å². The number of para-hydroxylation sites is 1. The summed E-state index contributed by atoms with van der Waals surface area (Å²) in [5, 5.41) is 2.84. The van der Waals surface area contributed by atoms with Crippen molar-refractivity contribution in [2.75, 3.05) is 0 Å². The Labute approximate surface area is 139 Å². The lowest BCUT2D eigenvalue weighted by molar-refractivity contribution is -0.117. The van der Waals surface area contributed by atoms with E-state index >= 15 is 0 Å². The Balaban J connectivity index is 1.68. The number of rotatable bonds is 4. The molecule has 0 radical (unpaired) electrons. The molecule has 0 saturated heterocycles. The third kappa shape index (κ3) is 3.23. The van der Waals surface area contributed by atoms with Crippen LogP contribution in [0.5, 0.6) is 0 Å². The Morgan fingerprint density at radius 1 is 1.09 bits per heavy atom. The molecule has 3 rings (SSSR count). The third-order valence-corrected chi connectivity index (χ3v) is 4.62. The smallest absolute Gasteiger partial charge is 0.295 e. The zero-order valence-electron chi connectivity index (χ0n) is 11.4. The molecule has 0 aliphatic carbocycles. The molecule has 0 aliphatic rings. The minimum atomic E-state index is -0.637. The number of hydrogen-bond donors (Lipinski definition) is 1. The predicted molar refractivity (Wildman–Crippen MR) is 89.9 cm³/mol. The van der Waals surface area contributed by atoms with E-state index in [2.05, 4.69) is 26.2 Å². The second-order valence-electron chi connectivity index (χ2n) is 4.63. The number of Topliss-reactive ketones (excluding diaryl/α,β-unsaturated/α-hetero) is 1. The molecule has 22 heavy (non-hydrogen) atoms. The molecule has 1 heterocycles. The summed E-state index contributed by atoms with van der Waals surface area (Å²) < 4.78 is 1.86. The average Bonchev–Trinajstić information content (AvgIpc) is 2.97. The maximum Gasteiger partial charge on any atom is 0.295 e. The number of nitrogens with one attached hydrogen (secondary N) is 1. The highest BCUT2D eigenvalue weighted by molar-refractivity contribution is 9.10. The maximum absolute atomic E-state index is 12.1. The molecule has 1 N–H and O–H groups in total. The number of halogens is 1. The molecule has 1 amide bonds. The fraction of sp³-hybridized carbons (Fsp3) is 0.0625. The van der Waals surface area contributed by atoms with Crippen molar-refractivity contribution in [3.63, 3.8) is 0 Å². The molecule has 0 fully saturated rings. The second kappa shape index (κ2) is 6.37. The van der Waals surface area contributed by atoms with Gasteiger partial charge in [0.2, 0.25) is 0 Å². The van der Waals surface area contributed by atoms with Gasteiger partial charge in [-0.05, 0) is 29.8 Å². The number of carbonyl (C=O) groups is 2. The number of benzene rings is 2. The van der Waals surface area contributed by atoms with E-state index in [-0.39, 0.29) is 5.01 Å². The van der Waals surface area contributed by atoms with Crippen LogP contribution in [0, 0.1) is 0 Å². The fourth-order valence-electron chi connectivity index (χ4n) is 1.93. The van der Waals surface area contributed by atoms with Gasteiger partial charge in [0.15, 0.2) is 5.01 Å². The second-order valence-corrected chi connectivity index (χ2v) is 6.57. The summed E-state index contributed by atoms with van der Waals surface area (Å²) in [6.07, 6.45) is 0. The van der Waals surface area contributed by atoms with Crippen LogP contribution in [0.1, 0.15) is 15.4 Å². The number of thiazole rings is 1. The van der Waals surface area contributed by atoms with Gasteiger partial charge >= 0.3 is 0 Å². The lowest BCUT2D eigenvalue weighted by Gasteiger charge is -2.03. The van der Waals surface area contributed by atoms with E-state index in [1.165, 1.54) is 11.3 Å². The molecule has 3 aromatic rings. The van der Waals surface area contributed by atoms with Gasteiger partial charge < -0.3 is 5.32 Å². The van der Waals surface area contributed by atoms with Crippen molar-refractivity contribution in [1.82, 2.24) is 10.3 Å². The molecule has 0 unspecified atom stereocenters. The summed E-state index contributed by atoms with van der Waals surface area (Å²) in [6, 6.07) is 15.0. The maximum atomic E-state index is 12.1. The molecule has 0 saturated carbocycles. The summed E-state index contributed by atoms with van der Waals surface area (Å²) in [7, 11) is 0. The van der Waals surface area contributed by atoms with Gasteiger partial charge in [0.05, 0.1) is 10.2 Å². The van der Waals surface area contributed by atoms with Gasteiger partial charge in [0.25, 0.3) is 11.7 Å². The number of amides is 1. The molecule has 0 atom stereocenters. The predicted octanol–water partition coefficient (Wildman–Crippen LogP) is 3.56. The number of ketones is 1. The highest BCUT2D eigenvalue weighted by Crippen LogP contribution is 2.21. The van der Waals surface area contributed by atoms with Crippen LogP contribution in [0.3, 0.4) is 0 Å². The Morgan fingerprint density at radius 2 is 1.82 bits per heavy atom. The zero-order chi connectivity index (χ0) is 15.5. The lowest BCUT2D eigenvalue weighted by Crippen LogP contribution is -2.30. The first-order chi connectivity index (χ1) is 10.6. The van der Waals surface area contributed by atoms with E-state index in [0.29, 0.717) is 6.54 Å². The van der Waals surface area contributed by atoms with E-state index in [0.717, 1.165) is 20.3 Å². The standard InChI is InChI=1S/C16H11BrN2O2S/c17-11-7-5-10(6-8-11)9-18-15(21)14(20)16-19-12-3-1-2-4-13(12)22-16/h1-8H,9H2,(H,18,21). The molecule has 1 aromatic heterocycles. The first kappa shape index (κ1) is 14.9.